The van der Waals surface area contributed by atoms with Crippen LogP contribution in [0.5, 0.6) is 0 Å². The van der Waals surface area contributed by atoms with Gasteiger partial charge in [0.15, 0.2) is 0 Å². The first-order valence-electron chi connectivity index (χ1n) is 7.55. The summed E-state index contributed by atoms with van der Waals surface area (Å²) in [5.74, 6) is -0.408. The molecule has 0 atom stereocenters. The highest BCUT2D eigenvalue weighted by Crippen LogP contribution is 2.38. The van der Waals surface area contributed by atoms with E-state index in [1.165, 1.54) is 18.3 Å². The fourth-order valence-electron chi connectivity index (χ4n) is 2.33. The summed E-state index contributed by atoms with van der Waals surface area (Å²) in [4.78, 5) is 34.2. The second-order valence-electron chi connectivity index (χ2n) is 5.63. The first-order valence-corrected chi connectivity index (χ1v) is 10.3. The van der Waals surface area contributed by atoms with E-state index < -0.39 is 19.7 Å². The SMILES string of the molecule is Nc1ccc(-c2ccsc2)cc1NC(=O)c1ccc(CP(=O)(O)O)nc1. The number of nitrogens with two attached hydrogens (primary N) is 1. The summed E-state index contributed by atoms with van der Waals surface area (Å²) in [5.41, 5.74) is 9.32. The molecule has 0 saturated heterocycles. The summed E-state index contributed by atoms with van der Waals surface area (Å²) in [6.45, 7) is 0. The summed E-state index contributed by atoms with van der Waals surface area (Å²) in [5, 5.41) is 6.71. The normalized spacial score (nSPS) is 11.3. The highest BCUT2D eigenvalue weighted by atomic mass is 32.1. The molecule has 1 amide bonds. The molecule has 0 radical (unpaired) electrons. The summed E-state index contributed by atoms with van der Waals surface area (Å²) in [6, 6.07) is 10.3. The average molecular weight is 389 g/mol. The number of aromatic nitrogens is 1. The van der Waals surface area contributed by atoms with Gasteiger partial charge in [0.05, 0.1) is 28.8 Å². The molecule has 0 aliphatic rings. The molecule has 134 valence electrons. The van der Waals surface area contributed by atoms with Crippen LogP contribution in [-0.4, -0.2) is 20.7 Å². The maximum atomic E-state index is 12.4. The van der Waals surface area contributed by atoms with E-state index in [2.05, 4.69) is 10.3 Å². The molecular weight excluding hydrogens is 373 g/mol. The third kappa shape index (κ3) is 4.56. The van der Waals surface area contributed by atoms with Crippen LogP contribution in [0.25, 0.3) is 11.1 Å². The van der Waals surface area contributed by atoms with Crippen LogP contribution < -0.4 is 11.1 Å². The first-order chi connectivity index (χ1) is 12.3. The molecule has 0 bridgehead atoms. The highest BCUT2D eigenvalue weighted by Gasteiger charge is 2.16. The molecule has 2 aromatic heterocycles. The predicted octanol–water partition coefficient (Wildman–Crippen LogP) is 3.32. The molecule has 0 aliphatic heterocycles. The van der Waals surface area contributed by atoms with Crippen molar-refractivity contribution >= 4 is 36.2 Å². The third-order valence-corrected chi connectivity index (χ3v) is 5.03. The quantitative estimate of drug-likeness (QED) is 0.392. The third-order valence-electron chi connectivity index (χ3n) is 3.61. The Morgan fingerprint density at radius 3 is 2.62 bits per heavy atom. The van der Waals surface area contributed by atoms with Gasteiger partial charge in [0.2, 0.25) is 0 Å². The Bertz CT molecular complexity index is 968. The Labute approximate surface area is 153 Å². The maximum absolute atomic E-state index is 12.4. The Morgan fingerprint density at radius 2 is 2.00 bits per heavy atom. The van der Waals surface area contributed by atoms with Gasteiger partial charge >= 0.3 is 7.60 Å². The Morgan fingerprint density at radius 1 is 1.19 bits per heavy atom. The lowest BCUT2D eigenvalue weighted by Crippen LogP contribution is -2.13. The molecule has 0 spiro atoms. The molecule has 9 heteroatoms. The second-order valence-corrected chi connectivity index (χ2v) is 8.05. The molecule has 2 heterocycles. The molecule has 3 rings (SSSR count). The fourth-order valence-corrected chi connectivity index (χ4v) is 3.60. The molecule has 0 unspecified atom stereocenters. The van der Waals surface area contributed by atoms with Gasteiger partial charge in [0, 0.05) is 6.20 Å². The van der Waals surface area contributed by atoms with Crippen LogP contribution in [0.15, 0.2) is 53.4 Å². The summed E-state index contributed by atoms with van der Waals surface area (Å²) < 4.78 is 11.0. The minimum Gasteiger partial charge on any atom is -0.397 e. The molecular formula is C17H16N3O4PS. The van der Waals surface area contributed by atoms with Gasteiger partial charge in [-0.1, -0.05) is 6.07 Å². The van der Waals surface area contributed by atoms with E-state index in [1.54, 1.807) is 23.5 Å². The number of amides is 1. The predicted molar refractivity (Wildman–Crippen MR) is 102 cm³/mol. The Hall–Kier alpha value is -2.51. The topological polar surface area (TPSA) is 126 Å². The van der Waals surface area contributed by atoms with Crippen molar-refractivity contribution in [3.05, 3.63) is 64.6 Å². The van der Waals surface area contributed by atoms with Gasteiger partial charge in [-0.2, -0.15) is 11.3 Å². The maximum Gasteiger partial charge on any atom is 0.331 e. The second kappa shape index (κ2) is 7.39. The lowest BCUT2D eigenvalue weighted by molar-refractivity contribution is 0.102. The minimum atomic E-state index is -4.20. The molecule has 26 heavy (non-hydrogen) atoms. The zero-order valence-electron chi connectivity index (χ0n) is 13.5. The van der Waals surface area contributed by atoms with E-state index in [-0.39, 0.29) is 11.3 Å². The lowest BCUT2D eigenvalue weighted by Gasteiger charge is -2.10. The number of hydrogen-bond donors (Lipinski definition) is 4. The number of benzene rings is 1. The van der Waals surface area contributed by atoms with Crippen LogP contribution in [0, 0.1) is 0 Å². The van der Waals surface area contributed by atoms with Crippen LogP contribution in [-0.2, 0) is 10.7 Å². The van der Waals surface area contributed by atoms with Gasteiger partial charge in [0.25, 0.3) is 5.91 Å². The smallest absolute Gasteiger partial charge is 0.331 e. The van der Waals surface area contributed by atoms with E-state index in [0.29, 0.717) is 11.4 Å². The molecule has 0 saturated carbocycles. The van der Waals surface area contributed by atoms with Gasteiger partial charge in [-0.3, -0.25) is 14.3 Å². The van der Waals surface area contributed by atoms with Crippen LogP contribution in [0.4, 0.5) is 11.4 Å². The lowest BCUT2D eigenvalue weighted by atomic mass is 10.1. The van der Waals surface area contributed by atoms with Gasteiger partial charge < -0.3 is 20.8 Å². The van der Waals surface area contributed by atoms with E-state index in [0.717, 1.165) is 11.1 Å². The number of nitrogens with zero attached hydrogens (tertiary/aromatic N) is 1. The van der Waals surface area contributed by atoms with Crippen molar-refractivity contribution in [1.82, 2.24) is 4.98 Å². The van der Waals surface area contributed by atoms with Crippen molar-refractivity contribution in [3.63, 3.8) is 0 Å². The van der Waals surface area contributed by atoms with Crippen molar-refractivity contribution in [3.8, 4) is 11.1 Å². The van der Waals surface area contributed by atoms with Crippen LogP contribution >= 0.6 is 18.9 Å². The number of carbonyl (C=O) groups excluding carboxylic acids is 1. The number of anilines is 2. The molecule has 0 aliphatic carbocycles. The monoisotopic (exact) mass is 389 g/mol. The van der Waals surface area contributed by atoms with Crippen molar-refractivity contribution < 1.29 is 19.1 Å². The van der Waals surface area contributed by atoms with Crippen molar-refractivity contribution in [2.45, 2.75) is 6.16 Å². The Kier molecular flexibility index (Phi) is 5.20. The van der Waals surface area contributed by atoms with Crippen molar-refractivity contribution in [2.75, 3.05) is 11.1 Å². The molecule has 3 aromatic rings. The van der Waals surface area contributed by atoms with E-state index in [4.69, 9.17) is 15.5 Å². The first kappa shape index (κ1) is 18.3. The van der Waals surface area contributed by atoms with Crippen molar-refractivity contribution in [2.24, 2.45) is 0 Å². The standard InChI is InChI=1S/C17H16N3O4PS/c18-15-4-2-11(13-5-6-26-10-13)7-16(15)20-17(21)12-1-3-14(19-8-12)9-25(22,23)24/h1-8,10H,9,18H2,(H,20,21)(H2,22,23,24). The molecule has 5 N–H and O–H groups in total. The van der Waals surface area contributed by atoms with Gasteiger partial charge in [-0.15, -0.1) is 0 Å². The van der Waals surface area contributed by atoms with Gasteiger partial charge in [-0.05, 0) is 52.2 Å². The largest absolute Gasteiger partial charge is 0.397 e. The number of nitrogens with one attached hydrogen (secondary N) is 1. The molecule has 0 fully saturated rings. The fraction of sp³-hybridized carbons (Fsp3) is 0.0588. The Balaban J connectivity index is 1.77. The number of carbonyl (C=O) groups is 1. The van der Waals surface area contributed by atoms with Crippen LogP contribution in [0.2, 0.25) is 0 Å². The highest BCUT2D eigenvalue weighted by molar-refractivity contribution is 7.50. The van der Waals surface area contributed by atoms with E-state index in [9.17, 15) is 9.36 Å². The van der Waals surface area contributed by atoms with Gasteiger partial charge in [-0.25, -0.2) is 0 Å². The van der Waals surface area contributed by atoms with E-state index >= 15 is 0 Å². The number of nitrogen functional groups attached to an aromatic ring is 1. The summed E-state index contributed by atoms with van der Waals surface area (Å²) >= 11 is 1.58. The van der Waals surface area contributed by atoms with Crippen LogP contribution in [0.1, 0.15) is 16.1 Å². The van der Waals surface area contributed by atoms with Gasteiger partial charge in [0.1, 0.15) is 0 Å². The zero-order chi connectivity index (χ0) is 18.7. The summed E-state index contributed by atoms with van der Waals surface area (Å²) in [6.07, 6.45) is 0.809. The average Bonchev–Trinajstić information content (AvgIpc) is 3.10. The number of hydrogen-bond acceptors (Lipinski definition) is 5. The van der Waals surface area contributed by atoms with Crippen LogP contribution in [0.3, 0.4) is 0 Å². The number of pyridine rings is 1. The molecule has 1 aromatic carbocycles. The molecule has 7 nitrogen and oxygen atoms in total. The van der Waals surface area contributed by atoms with E-state index in [1.807, 2.05) is 22.9 Å². The summed E-state index contributed by atoms with van der Waals surface area (Å²) in [7, 11) is -4.20. The number of thiophene rings is 1. The number of rotatable bonds is 5. The minimum absolute atomic E-state index is 0.217. The van der Waals surface area contributed by atoms with Crippen molar-refractivity contribution in [1.29, 1.82) is 0 Å². The zero-order valence-corrected chi connectivity index (χ0v) is 15.2.